The van der Waals surface area contributed by atoms with E-state index in [4.69, 9.17) is 5.11 Å². The lowest BCUT2D eigenvalue weighted by Gasteiger charge is -2.20. The molecule has 1 aromatic rings. The summed E-state index contributed by atoms with van der Waals surface area (Å²) >= 11 is 1.51. The molecule has 2 atom stereocenters. The Morgan fingerprint density at radius 3 is 2.44 bits per heavy atom. The van der Waals surface area contributed by atoms with Gasteiger partial charge in [0.2, 0.25) is 5.91 Å². The van der Waals surface area contributed by atoms with E-state index < -0.39 is 12.0 Å². The molecule has 0 aliphatic rings. The Morgan fingerprint density at radius 1 is 1.33 bits per heavy atom. The van der Waals surface area contributed by atoms with Gasteiger partial charge in [0.1, 0.15) is 6.04 Å². The Labute approximate surface area is 111 Å². The largest absolute Gasteiger partial charge is 0.480 e. The maximum Gasteiger partial charge on any atom is 0.327 e. The fourth-order valence-electron chi connectivity index (χ4n) is 1.50. The highest BCUT2D eigenvalue weighted by atomic mass is 32.2. The first kappa shape index (κ1) is 14.6. The number of amides is 1. The molecule has 0 radical (unpaired) electrons. The third-order valence-corrected chi connectivity index (χ3v) is 3.75. The molecule has 0 aliphatic carbocycles. The number of aliphatic carboxylic acids is 1. The van der Waals surface area contributed by atoms with Gasteiger partial charge in [-0.3, -0.25) is 4.79 Å². The molecule has 0 saturated heterocycles. The van der Waals surface area contributed by atoms with Crippen molar-refractivity contribution in [3.05, 3.63) is 35.9 Å². The zero-order chi connectivity index (χ0) is 13.5. The minimum atomic E-state index is -1.00. The van der Waals surface area contributed by atoms with Crippen LogP contribution in [0.1, 0.15) is 19.4 Å². The van der Waals surface area contributed by atoms with Crippen molar-refractivity contribution in [1.82, 2.24) is 5.32 Å². The van der Waals surface area contributed by atoms with E-state index in [1.54, 1.807) is 0 Å². The number of benzene rings is 1. The van der Waals surface area contributed by atoms with E-state index >= 15 is 0 Å². The lowest BCUT2D eigenvalue weighted by atomic mass is 10.2. The number of nitrogens with one attached hydrogen (secondary N) is 1. The van der Waals surface area contributed by atoms with E-state index in [1.807, 2.05) is 37.3 Å². The van der Waals surface area contributed by atoms with Crippen LogP contribution in [0.15, 0.2) is 30.3 Å². The summed E-state index contributed by atoms with van der Waals surface area (Å²) < 4.78 is 0. The van der Waals surface area contributed by atoms with Crippen molar-refractivity contribution >= 4 is 23.6 Å². The molecule has 4 nitrogen and oxygen atoms in total. The van der Waals surface area contributed by atoms with E-state index in [9.17, 15) is 9.59 Å². The van der Waals surface area contributed by atoms with Gasteiger partial charge in [0.15, 0.2) is 0 Å². The first-order chi connectivity index (χ1) is 8.50. The predicted molar refractivity (Wildman–Crippen MR) is 72.4 cm³/mol. The lowest BCUT2D eigenvalue weighted by molar-refractivity contribution is -0.141. The van der Waals surface area contributed by atoms with E-state index in [0.717, 1.165) is 11.3 Å². The van der Waals surface area contributed by atoms with Gasteiger partial charge in [-0.25, -0.2) is 4.79 Å². The van der Waals surface area contributed by atoms with Gasteiger partial charge in [-0.1, -0.05) is 37.3 Å². The third-order valence-electron chi connectivity index (χ3n) is 2.45. The van der Waals surface area contributed by atoms with E-state index in [-0.39, 0.29) is 11.2 Å². The van der Waals surface area contributed by atoms with Gasteiger partial charge in [-0.15, -0.1) is 0 Å². The zero-order valence-corrected chi connectivity index (χ0v) is 11.2. The fourth-order valence-corrected chi connectivity index (χ4v) is 2.52. The maximum atomic E-state index is 11.1. The van der Waals surface area contributed by atoms with Crippen LogP contribution in [0.4, 0.5) is 0 Å². The van der Waals surface area contributed by atoms with E-state index in [0.29, 0.717) is 0 Å². The van der Waals surface area contributed by atoms with E-state index in [2.05, 4.69) is 5.32 Å². The monoisotopic (exact) mass is 267 g/mol. The number of rotatable bonds is 6. The average Bonchev–Trinajstić information content (AvgIpc) is 2.34. The van der Waals surface area contributed by atoms with Crippen molar-refractivity contribution in [2.75, 3.05) is 0 Å². The minimum Gasteiger partial charge on any atom is -0.480 e. The van der Waals surface area contributed by atoms with Crippen molar-refractivity contribution in [2.24, 2.45) is 0 Å². The fraction of sp³-hybridized carbons (Fsp3) is 0.385. The van der Waals surface area contributed by atoms with Crippen LogP contribution < -0.4 is 5.32 Å². The van der Waals surface area contributed by atoms with Crippen LogP contribution in [-0.4, -0.2) is 28.3 Å². The first-order valence-electron chi connectivity index (χ1n) is 5.66. The molecule has 0 bridgehead atoms. The Morgan fingerprint density at radius 2 is 1.94 bits per heavy atom. The van der Waals surface area contributed by atoms with Gasteiger partial charge in [-0.05, 0) is 5.56 Å². The topological polar surface area (TPSA) is 66.4 Å². The van der Waals surface area contributed by atoms with Crippen molar-refractivity contribution in [1.29, 1.82) is 0 Å². The summed E-state index contributed by atoms with van der Waals surface area (Å²) in [5.74, 6) is -0.599. The molecular formula is C13H17NO3S. The van der Waals surface area contributed by atoms with Crippen LogP contribution >= 0.6 is 11.8 Å². The number of carbonyl (C=O) groups is 2. The number of thioether (sulfide) groups is 1. The summed E-state index contributed by atoms with van der Waals surface area (Å²) in [6.45, 7) is 3.13. The number of hydrogen-bond acceptors (Lipinski definition) is 3. The molecule has 1 rings (SSSR count). The Kier molecular flexibility index (Phi) is 5.71. The highest BCUT2D eigenvalue weighted by Gasteiger charge is 2.25. The SMILES string of the molecule is CC(=O)NC(C(=O)O)C(C)SCc1ccccc1. The number of carboxylic acids is 1. The van der Waals surface area contributed by atoms with Crippen molar-refractivity contribution in [3.63, 3.8) is 0 Å². The number of carboxylic acid groups (broad SMARTS) is 1. The van der Waals surface area contributed by atoms with Crippen LogP contribution in [0, 0.1) is 0 Å². The number of carbonyl (C=O) groups excluding carboxylic acids is 1. The molecule has 0 fully saturated rings. The maximum absolute atomic E-state index is 11.1. The van der Waals surface area contributed by atoms with Gasteiger partial charge >= 0.3 is 5.97 Å². The number of hydrogen-bond donors (Lipinski definition) is 2. The smallest absolute Gasteiger partial charge is 0.327 e. The summed E-state index contributed by atoms with van der Waals surface area (Å²) in [6.07, 6.45) is 0. The van der Waals surface area contributed by atoms with Crippen molar-refractivity contribution < 1.29 is 14.7 Å². The van der Waals surface area contributed by atoms with E-state index in [1.165, 1.54) is 18.7 Å². The van der Waals surface area contributed by atoms with Gasteiger partial charge in [0, 0.05) is 17.9 Å². The highest BCUT2D eigenvalue weighted by molar-refractivity contribution is 7.99. The van der Waals surface area contributed by atoms with Crippen LogP contribution in [0.2, 0.25) is 0 Å². The second kappa shape index (κ2) is 7.06. The molecule has 18 heavy (non-hydrogen) atoms. The van der Waals surface area contributed by atoms with Crippen molar-refractivity contribution in [2.45, 2.75) is 30.9 Å². The zero-order valence-electron chi connectivity index (χ0n) is 10.4. The molecular weight excluding hydrogens is 250 g/mol. The average molecular weight is 267 g/mol. The quantitative estimate of drug-likeness (QED) is 0.826. The van der Waals surface area contributed by atoms with Crippen LogP contribution in [0.3, 0.4) is 0 Å². The van der Waals surface area contributed by atoms with Crippen LogP contribution in [0.5, 0.6) is 0 Å². The molecule has 2 N–H and O–H groups in total. The molecule has 98 valence electrons. The molecule has 5 heteroatoms. The standard InChI is InChI=1S/C13H17NO3S/c1-9(12(13(16)17)14-10(2)15)18-8-11-6-4-3-5-7-11/h3-7,9,12H,8H2,1-2H3,(H,14,15)(H,16,17). The minimum absolute atomic E-state index is 0.188. The first-order valence-corrected chi connectivity index (χ1v) is 6.71. The summed E-state index contributed by atoms with van der Waals surface area (Å²) in [5, 5.41) is 11.3. The predicted octanol–water partition coefficient (Wildman–Crippen LogP) is 1.90. The van der Waals surface area contributed by atoms with Crippen LogP contribution in [-0.2, 0) is 15.3 Å². The van der Waals surface area contributed by atoms with Gasteiger partial charge in [-0.2, -0.15) is 11.8 Å². The van der Waals surface area contributed by atoms with Crippen molar-refractivity contribution in [3.8, 4) is 0 Å². The summed E-state index contributed by atoms with van der Waals surface area (Å²) in [5.41, 5.74) is 1.14. The molecule has 1 amide bonds. The molecule has 0 heterocycles. The highest BCUT2D eigenvalue weighted by Crippen LogP contribution is 2.20. The molecule has 0 aromatic heterocycles. The lowest BCUT2D eigenvalue weighted by Crippen LogP contribution is -2.45. The summed E-state index contributed by atoms with van der Waals surface area (Å²) in [4.78, 5) is 22.0. The summed E-state index contributed by atoms with van der Waals surface area (Å²) in [7, 11) is 0. The normalized spacial score (nSPS) is 13.7. The molecule has 2 unspecified atom stereocenters. The molecule has 0 spiro atoms. The second-order valence-electron chi connectivity index (χ2n) is 4.02. The Balaban J connectivity index is 2.54. The van der Waals surface area contributed by atoms with Gasteiger partial charge < -0.3 is 10.4 Å². The Bertz CT molecular complexity index is 408. The molecule has 0 saturated carbocycles. The van der Waals surface area contributed by atoms with Gasteiger partial charge in [0.25, 0.3) is 0 Å². The van der Waals surface area contributed by atoms with Crippen LogP contribution in [0.25, 0.3) is 0 Å². The summed E-state index contributed by atoms with van der Waals surface area (Å²) in [6, 6.07) is 8.97. The Hall–Kier alpha value is -1.49. The molecule has 1 aromatic carbocycles. The molecule has 0 aliphatic heterocycles. The third kappa shape index (κ3) is 4.79. The second-order valence-corrected chi connectivity index (χ2v) is 5.38. The van der Waals surface area contributed by atoms with Gasteiger partial charge in [0.05, 0.1) is 0 Å².